The molecule has 0 unspecified atom stereocenters. The Morgan fingerprint density at radius 1 is 1.40 bits per heavy atom. The van der Waals surface area contributed by atoms with Crippen LogP contribution in [-0.2, 0) is 4.79 Å². The summed E-state index contributed by atoms with van der Waals surface area (Å²) in [6.07, 6.45) is 8.67. The first-order chi connectivity index (χ1) is 9.24. The van der Waals surface area contributed by atoms with E-state index >= 15 is 0 Å². The highest BCUT2D eigenvalue weighted by atomic mass is 16.3. The van der Waals surface area contributed by atoms with Crippen molar-refractivity contribution >= 4 is 5.78 Å². The standard InChI is InChI=1S/C18H32O2/c1-13(7-5-11-17(2,3)20)14-9-10-15-16(19)8-6-12-18(14,15)4/h13-15,20H,5-12H2,1-4H3/t13-,14+,15+,18+/m0/s1. The molecule has 2 saturated carbocycles. The van der Waals surface area contributed by atoms with Gasteiger partial charge in [-0.2, -0.15) is 0 Å². The van der Waals surface area contributed by atoms with E-state index in [-0.39, 0.29) is 5.41 Å². The smallest absolute Gasteiger partial charge is 0.136 e. The van der Waals surface area contributed by atoms with Gasteiger partial charge >= 0.3 is 0 Å². The Bertz CT molecular complexity index is 355. The maximum absolute atomic E-state index is 12.2. The molecule has 2 aliphatic carbocycles. The van der Waals surface area contributed by atoms with Crippen molar-refractivity contribution in [3.05, 3.63) is 0 Å². The Hall–Kier alpha value is -0.370. The van der Waals surface area contributed by atoms with E-state index in [1.54, 1.807) is 0 Å². The second-order valence-corrected chi connectivity index (χ2v) is 8.24. The molecular formula is C18H32O2. The van der Waals surface area contributed by atoms with E-state index < -0.39 is 5.60 Å². The van der Waals surface area contributed by atoms with E-state index in [4.69, 9.17) is 0 Å². The normalized spacial score (nSPS) is 36.0. The topological polar surface area (TPSA) is 37.3 Å². The molecular weight excluding hydrogens is 248 g/mol. The number of hydrogen-bond acceptors (Lipinski definition) is 2. The Morgan fingerprint density at radius 2 is 2.10 bits per heavy atom. The summed E-state index contributed by atoms with van der Waals surface area (Å²) in [7, 11) is 0. The zero-order chi connectivity index (χ0) is 15.0. The van der Waals surface area contributed by atoms with Crippen LogP contribution in [0.5, 0.6) is 0 Å². The lowest BCUT2D eigenvalue weighted by molar-refractivity contribution is -0.130. The van der Waals surface area contributed by atoms with Crippen molar-refractivity contribution in [3.63, 3.8) is 0 Å². The second kappa shape index (κ2) is 5.79. The average Bonchev–Trinajstić information content (AvgIpc) is 2.66. The van der Waals surface area contributed by atoms with Crippen LogP contribution in [0.25, 0.3) is 0 Å². The summed E-state index contributed by atoms with van der Waals surface area (Å²) in [4.78, 5) is 12.2. The molecule has 116 valence electrons. The van der Waals surface area contributed by atoms with Crippen LogP contribution in [-0.4, -0.2) is 16.5 Å². The van der Waals surface area contributed by atoms with Gasteiger partial charge < -0.3 is 5.11 Å². The van der Waals surface area contributed by atoms with Crippen molar-refractivity contribution in [2.24, 2.45) is 23.2 Å². The SMILES string of the molecule is C[C@@H](CCCC(C)(C)O)[C@H]1CC[C@@H]2C(=O)CCC[C@@]21C. The van der Waals surface area contributed by atoms with Crippen LogP contribution in [0.1, 0.15) is 79.1 Å². The molecule has 0 aliphatic heterocycles. The second-order valence-electron chi connectivity index (χ2n) is 8.24. The van der Waals surface area contributed by atoms with Crippen molar-refractivity contribution < 1.29 is 9.90 Å². The van der Waals surface area contributed by atoms with Gasteiger partial charge in [-0.05, 0) is 63.2 Å². The Morgan fingerprint density at radius 3 is 2.75 bits per heavy atom. The predicted octanol–water partition coefficient (Wildman–Crippen LogP) is 4.35. The first-order valence-corrected chi connectivity index (χ1v) is 8.49. The van der Waals surface area contributed by atoms with Gasteiger partial charge in [0.1, 0.15) is 5.78 Å². The zero-order valence-corrected chi connectivity index (χ0v) is 13.7. The molecule has 0 radical (unpaired) electrons. The molecule has 2 heteroatoms. The highest BCUT2D eigenvalue weighted by Crippen LogP contribution is 2.57. The van der Waals surface area contributed by atoms with Crippen LogP contribution in [0.3, 0.4) is 0 Å². The minimum Gasteiger partial charge on any atom is -0.390 e. The van der Waals surface area contributed by atoms with Gasteiger partial charge in [0.25, 0.3) is 0 Å². The van der Waals surface area contributed by atoms with E-state index in [0.717, 1.165) is 32.1 Å². The third kappa shape index (κ3) is 3.27. The number of rotatable bonds is 5. The number of aliphatic hydroxyl groups is 1. The number of Topliss-reactive ketones (excluding diaryl/α,β-unsaturated/α-hetero) is 1. The van der Waals surface area contributed by atoms with Crippen molar-refractivity contribution in [2.45, 2.75) is 84.7 Å². The van der Waals surface area contributed by atoms with E-state index in [1.165, 1.54) is 19.3 Å². The minimum absolute atomic E-state index is 0.267. The Balaban J connectivity index is 1.93. The maximum Gasteiger partial charge on any atom is 0.136 e. The van der Waals surface area contributed by atoms with Gasteiger partial charge in [0.05, 0.1) is 5.60 Å². The van der Waals surface area contributed by atoms with Gasteiger partial charge in [0, 0.05) is 12.3 Å². The highest BCUT2D eigenvalue weighted by Gasteiger charge is 2.52. The zero-order valence-electron chi connectivity index (χ0n) is 13.7. The van der Waals surface area contributed by atoms with E-state index in [2.05, 4.69) is 13.8 Å². The number of fused-ring (bicyclic) bond motifs is 1. The van der Waals surface area contributed by atoms with Crippen LogP contribution < -0.4 is 0 Å². The van der Waals surface area contributed by atoms with Crippen LogP contribution in [0.15, 0.2) is 0 Å². The molecule has 2 nitrogen and oxygen atoms in total. The molecule has 20 heavy (non-hydrogen) atoms. The van der Waals surface area contributed by atoms with Gasteiger partial charge in [0.2, 0.25) is 0 Å². The molecule has 0 heterocycles. The van der Waals surface area contributed by atoms with Gasteiger partial charge in [-0.3, -0.25) is 4.79 Å². The first kappa shape index (κ1) is 16.0. The Labute approximate surface area is 124 Å². The molecule has 0 bridgehead atoms. The number of hydrogen-bond donors (Lipinski definition) is 1. The molecule has 0 spiro atoms. The molecule has 1 N–H and O–H groups in total. The molecule has 0 amide bonds. The molecule has 2 aliphatic rings. The lowest BCUT2D eigenvalue weighted by atomic mass is 9.62. The molecule has 2 rings (SSSR count). The molecule has 2 fully saturated rings. The highest BCUT2D eigenvalue weighted by molar-refractivity contribution is 5.83. The lowest BCUT2D eigenvalue weighted by Gasteiger charge is -2.42. The van der Waals surface area contributed by atoms with Crippen molar-refractivity contribution in [1.82, 2.24) is 0 Å². The molecule has 0 saturated heterocycles. The van der Waals surface area contributed by atoms with Crippen LogP contribution in [0.2, 0.25) is 0 Å². The minimum atomic E-state index is -0.539. The first-order valence-electron chi connectivity index (χ1n) is 8.49. The molecule has 0 aromatic heterocycles. The van der Waals surface area contributed by atoms with E-state index in [1.807, 2.05) is 13.8 Å². The third-order valence-corrected chi connectivity index (χ3v) is 6.07. The summed E-state index contributed by atoms with van der Waals surface area (Å²) < 4.78 is 0. The van der Waals surface area contributed by atoms with E-state index in [9.17, 15) is 9.90 Å². The summed E-state index contributed by atoms with van der Waals surface area (Å²) >= 11 is 0. The van der Waals surface area contributed by atoms with Crippen LogP contribution in [0.4, 0.5) is 0 Å². The van der Waals surface area contributed by atoms with Gasteiger partial charge in [-0.15, -0.1) is 0 Å². The maximum atomic E-state index is 12.2. The third-order valence-electron chi connectivity index (χ3n) is 6.07. The Kier molecular flexibility index (Phi) is 4.63. The number of carbonyl (C=O) groups is 1. The monoisotopic (exact) mass is 280 g/mol. The molecule has 0 aromatic carbocycles. The summed E-state index contributed by atoms with van der Waals surface area (Å²) in [5.74, 6) is 2.26. The van der Waals surface area contributed by atoms with Gasteiger partial charge in [0.15, 0.2) is 0 Å². The molecule has 0 aromatic rings. The fourth-order valence-corrected chi connectivity index (χ4v) is 4.96. The molecule has 4 atom stereocenters. The fourth-order valence-electron chi connectivity index (χ4n) is 4.96. The number of ketones is 1. The largest absolute Gasteiger partial charge is 0.390 e. The van der Waals surface area contributed by atoms with Crippen molar-refractivity contribution in [3.8, 4) is 0 Å². The lowest BCUT2D eigenvalue weighted by Crippen LogP contribution is -2.39. The average molecular weight is 280 g/mol. The summed E-state index contributed by atoms with van der Waals surface area (Å²) in [5, 5.41) is 9.82. The predicted molar refractivity (Wildman–Crippen MR) is 82.5 cm³/mol. The quantitative estimate of drug-likeness (QED) is 0.813. The summed E-state index contributed by atoms with van der Waals surface area (Å²) in [6, 6.07) is 0. The number of carbonyl (C=O) groups excluding carboxylic acids is 1. The van der Waals surface area contributed by atoms with Crippen molar-refractivity contribution in [2.75, 3.05) is 0 Å². The van der Waals surface area contributed by atoms with Crippen LogP contribution >= 0.6 is 0 Å². The summed E-state index contributed by atoms with van der Waals surface area (Å²) in [6.45, 7) is 8.52. The van der Waals surface area contributed by atoms with Gasteiger partial charge in [-0.1, -0.05) is 26.7 Å². The van der Waals surface area contributed by atoms with Crippen LogP contribution in [0, 0.1) is 23.2 Å². The fraction of sp³-hybridized carbons (Fsp3) is 0.944. The summed E-state index contributed by atoms with van der Waals surface area (Å²) in [5.41, 5.74) is -0.272. The van der Waals surface area contributed by atoms with E-state index in [0.29, 0.717) is 23.5 Å². The van der Waals surface area contributed by atoms with Crippen molar-refractivity contribution in [1.29, 1.82) is 0 Å². The van der Waals surface area contributed by atoms with Gasteiger partial charge in [-0.25, -0.2) is 0 Å².